The van der Waals surface area contributed by atoms with Crippen LogP contribution < -0.4 is 4.74 Å². The van der Waals surface area contributed by atoms with Crippen LogP contribution in [0.2, 0.25) is 5.02 Å². The first-order valence-corrected chi connectivity index (χ1v) is 11.1. The van der Waals surface area contributed by atoms with E-state index in [0.29, 0.717) is 23.1 Å². The second kappa shape index (κ2) is 10.3. The normalized spacial score (nSPS) is 15.7. The lowest BCUT2D eigenvalue weighted by Crippen LogP contribution is -2.47. The highest BCUT2D eigenvalue weighted by atomic mass is 35.5. The predicted molar refractivity (Wildman–Crippen MR) is 125 cm³/mol. The van der Waals surface area contributed by atoms with Crippen molar-refractivity contribution in [2.24, 2.45) is 0 Å². The quantitative estimate of drug-likeness (QED) is 0.506. The molecule has 3 aromatic rings. The number of aromatic amines is 1. The molecule has 3 heterocycles. The number of furan rings is 1. The van der Waals surface area contributed by atoms with Crippen molar-refractivity contribution in [3.63, 3.8) is 0 Å². The molecule has 0 saturated carbocycles. The van der Waals surface area contributed by atoms with Crippen molar-refractivity contribution in [1.82, 2.24) is 24.6 Å². The second-order valence-electron chi connectivity index (χ2n) is 7.48. The van der Waals surface area contributed by atoms with Crippen molar-refractivity contribution in [1.29, 1.82) is 0 Å². The number of rotatable bonds is 8. The number of piperazine rings is 1. The molecule has 0 unspecified atom stereocenters. The summed E-state index contributed by atoms with van der Waals surface area (Å²) in [4.78, 5) is 9.18. The van der Waals surface area contributed by atoms with Crippen LogP contribution in [0.3, 0.4) is 0 Å². The van der Waals surface area contributed by atoms with Crippen LogP contribution in [-0.4, -0.2) is 63.9 Å². The molecule has 1 N–H and O–H groups in total. The summed E-state index contributed by atoms with van der Waals surface area (Å²) in [7, 11) is 0. The van der Waals surface area contributed by atoms with Gasteiger partial charge in [-0.1, -0.05) is 23.7 Å². The van der Waals surface area contributed by atoms with Gasteiger partial charge in [0.2, 0.25) is 4.77 Å². The van der Waals surface area contributed by atoms with Crippen LogP contribution >= 0.6 is 23.8 Å². The van der Waals surface area contributed by atoms with E-state index in [4.69, 9.17) is 33.0 Å². The van der Waals surface area contributed by atoms with Crippen LogP contribution in [0.15, 0.2) is 40.8 Å². The van der Waals surface area contributed by atoms with E-state index in [1.165, 1.54) is 0 Å². The second-order valence-corrected chi connectivity index (χ2v) is 8.25. The number of halogens is 1. The van der Waals surface area contributed by atoms with Crippen molar-refractivity contribution < 1.29 is 9.15 Å². The molecule has 7 nitrogen and oxygen atoms in total. The van der Waals surface area contributed by atoms with Gasteiger partial charge in [0.1, 0.15) is 29.7 Å². The highest BCUT2D eigenvalue weighted by molar-refractivity contribution is 7.71. The Morgan fingerprint density at radius 1 is 1.13 bits per heavy atom. The lowest BCUT2D eigenvalue weighted by atomic mass is 10.3. The van der Waals surface area contributed by atoms with E-state index in [1.807, 2.05) is 60.2 Å². The minimum Gasteiger partial charge on any atom is -0.491 e. The number of nitrogens with zero attached hydrogens (tertiary/aromatic N) is 4. The largest absolute Gasteiger partial charge is 0.491 e. The van der Waals surface area contributed by atoms with Gasteiger partial charge in [-0.3, -0.25) is 14.9 Å². The van der Waals surface area contributed by atoms with E-state index >= 15 is 0 Å². The van der Waals surface area contributed by atoms with Gasteiger partial charge in [0.15, 0.2) is 0 Å². The summed E-state index contributed by atoms with van der Waals surface area (Å²) >= 11 is 11.5. The number of para-hydroxylation sites is 1. The van der Waals surface area contributed by atoms with Gasteiger partial charge >= 0.3 is 0 Å². The van der Waals surface area contributed by atoms with E-state index in [1.54, 1.807) is 0 Å². The number of benzene rings is 1. The van der Waals surface area contributed by atoms with Gasteiger partial charge < -0.3 is 9.15 Å². The minimum atomic E-state index is 0.547. The van der Waals surface area contributed by atoms with Crippen molar-refractivity contribution >= 4 is 36.0 Å². The summed E-state index contributed by atoms with van der Waals surface area (Å²) in [6, 6.07) is 11.4. The zero-order valence-electron chi connectivity index (χ0n) is 17.5. The van der Waals surface area contributed by atoms with Gasteiger partial charge in [0.05, 0.1) is 11.7 Å². The first-order valence-electron chi connectivity index (χ1n) is 10.3. The minimum absolute atomic E-state index is 0.547. The smallest absolute Gasteiger partial charge is 0.217 e. The molecule has 1 fully saturated rings. The molecule has 4 rings (SSSR count). The Bertz CT molecular complexity index is 1080. The summed E-state index contributed by atoms with van der Waals surface area (Å²) in [6.45, 7) is 8.02. The van der Waals surface area contributed by atoms with Crippen LogP contribution in [0.5, 0.6) is 5.75 Å². The standard InChI is InChI=1S/C22H26ClN5O2S/c1-17-6-7-18(30-17)8-9-21-24-22(31)28(25-21)16-27-12-10-26(11-13-27)14-15-29-20-5-3-2-4-19(20)23/h2-9H,10-16H2,1H3,(H,24,25,31)/b9-8+. The summed E-state index contributed by atoms with van der Waals surface area (Å²) in [6.07, 6.45) is 3.76. The average molecular weight is 460 g/mol. The Balaban J connectivity index is 1.22. The van der Waals surface area contributed by atoms with Crippen molar-refractivity contribution in [3.8, 4) is 5.75 Å². The summed E-state index contributed by atoms with van der Waals surface area (Å²) in [5, 5.41) is 3.91. The maximum Gasteiger partial charge on any atom is 0.217 e. The third-order valence-electron chi connectivity index (χ3n) is 5.17. The summed E-state index contributed by atoms with van der Waals surface area (Å²) < 4.78 is 13.8. The molecular weight excluding hydrogens is 434 g/mol. The first-order chi connectivity index (χ1) is 15.1. The molecule has 164 valence electrons. The fourth-order valence-electron chi connectivity index (χ4n) is 3.45. The van der Waals surface area contributed by atoms with E-state index in [2.05, 4.69) is 19.9 Å². The molecule has 1 aromatic carbocycles. The predicted octanol–water partition coefficient (Wildman–Crippen LogP) is 4.32. The molecular formula is C22H26ClN5O2S. The summed E-state index contributed by atoms with van der Waals surface area (Å²) in [5.41, 5.74) is 0. The Morgan fingerprint density at radius 2 is 1.90 bits per heavy atom. The molecule has 31 heavy (non-hydrogen) atoms. The molecule has 1 aliphatic heterocycles. The van der Waals surface area contributed by atoms with Crippen LogP contribution in [0.1, 0.15) is 17.3 Å². The highest BCUT2D eigenvalue weighted by Gasteiger charge is 2.17. The lowest BCUT2D eigenvalue weighted by Gasteiger charge is -2.34. The Labute approximate surface area is 191 Å². The van der Waals surface area contributed by atoms with Gasteiger partial charge in [-0.15, -0.1) is 0 Å². The Hall–Kier alpha value is -2.39. The number of ether oxygens (including phenoxy) is 1. The molecule has 0 aliphatic carbocycles. The fourth-order valence-corrected chi connectivity index (χ4v) is 3.84. The zero-order valence-corrected chi connectivity index (χ0v) is 19.0. The average Bonchev–Trinajstić information content (AvgIpc) is 3.34. The molecule has 1 saturated heterocycles. The maximum atomic E-state index is 6.14. The number of aryl methyl sites for hydroxylation is 1. The number of nitrogens with one attached hydrogen (secondary N) is 1. The Kier molecular flexibility index (Phi) is 7.24. The molecule has 0 radical (unpaired) electrons. The fraction of sp³-hybridized carbons (Fsp3) is 0.364. The molecule has 0 amide bonds. The van der Waals surface area contributed by atoms with Crippen LogP contribution in [0, 0.1) is 11.7 Å². The third kappa shape index (κ3) is 6.07. The van der Waals surface area contributed by atoms with Crippen LogP contribution in [0.25, 0.3) is 12.2 Å². The van der Waals surface area contributed by atoms with Crippen molar-refractivity contribution in [2.45, 2.75) is 13.6 Å². The van der Waals surface area contributed by atoms with Gasteiger partial charge in [0.25, 0.3) is 0 Å². The SMILES string of the molecule is Cc1ccc(/C=C/c2nc(=S)n(CN3CCN(CCOc4ccccc4Cl)CC3)[nH]2)o1. The van der Waals surface area contributed by atoms with E-state index in [-0.39, 0.29) is 0 Å². The molecule has 0 bridgehead atoms. The first kappa shape index (κ1) is 21.8. The highest BCUT2D eigenvalue weighted by Crippen LogP contribution is 2.23. The number of hydrogen-bond acceptors (Lipinski definition) is 6. The maximum absolute atomic E-state index is 6.14. The van der Waals surface area contributed by atoms with Gasteiger partial charge in [-0.25, -0.2) is 4.68 Å². The topological polar surface area (TPSA) is 62.5 Å². The number of H-pyrrole nitrogens is 1. The Morgan fingerprint density at radius 3 is 2.65 bits per heavy atom. The van der Waals surface area contributed by atoms with E-state index in [9.17, 15) is 0 Å². The molecule has 9 heteroatoms. The molecule has 0 spiro atoms. The summed E-state index contributed by atoms with van der Waals surface area (Å²) in [5.74, 6) is 3.13. The molecule has 1 aliphatic rings. The van der Waals surface area contributed by atoms with Gasteiger partial charge in [-0.05, 0) is 55.6 Å². The number of aromatic nitrogens is 3. The van der Waals surface area contributed by atoms with E-state index in [0.717, 1.165) is 55.8 Å². The zero-order chi connectivity index (χ0) is 21.6. The van der Waals surface area contributed by atoms with Crippen molar-refractivity contribution in [2.75, 3.05) is 39.3 Å². The van der Waals surface area contributed by atoms with E-state index < -0.39 is 0 Å². The third-order valence-corrected chi connectivity index (χ3v) is 5.80. The monoisotopic (exact) mass is 459 g/mol. The number of hydrogen-bond donors (Lipinski definition) is 1. The molecule has 0 atom stereocenters. The molecule has 2 aromatic heterocycles. The van der Waals surface area contributed by atoms with Crippen LogP contribution in [-0.2, 0) is 6.67 Å². The lowest BCUT2D eigenvalue weighted by molar-refractivity contribution is 0.0921. The van der Waals surface area contributed by atoms with Crippen LogP contribution in [0.4, 0.5) is 0 Å². The van der Waals surface area contributed by atoms with Crippen molar-refractivity contribution in [3.05, 3.63) is 63.5 Å². The van der Waals surface area contributed by atoms with Gasteiger partial charge in [-0.2, -0.15) is 4.98 Å². The van der Waals surface area contributed by atoms with Gasteiger partial charge in [0, 0.05) is 32.7 Å².